The summed E-state index contributed by atoms with van der Waals surface area (Å²) < 4.78 is 1.27. The third kappa shape index (κ3) is 3.38. The predicted octanol–water partition coefficient (Wildman–Crippen LogP) is 2.47. The van der Waals surface area contributed by atoms with E-state index in [1.165, 1.54) is 15.8 Å². The van der Waals surface area contributed by atoms with Crippen molar-refractivity contribution in [2.45, 2.75) is 25.6 Å². The summed E-state index contributed by atoms with van der Waals surface area (Å²) in [5, 5.41) is 16.1. The Labute approximate surface area is 156 Å². The van der Waals surface area contributed by atoms with Gasteiger partial charge in [-0.1, -0.05) is 54.1 Å². The van der Waals surface area contributed by atoms with Gasteiger partial charge in [0.05, 0.1) is 18.0 Å². The minimum atomic E-state index is -0.692. The van der Waals surface area contributed by atoms with E-state index in [1.54, 1.807) is 18.2 Å². The number of β-amino-alcohol motifs (C(OH)–C–C–N with tert-alkyl or cyclic N) is 1. The first-order valence-electron chi connectivity index (χ1n) is 8.74. The van der Waals surface area contributed by atoms with Crippen molar-refractivity contribution in [3.8, 4) is 0 Å². The number of hydrogen-bond donors (Lipinski definition) is 1. The Balaban J connectivity index is 1.49. The summed E-state index contributed by atoms with van der Waals surface area (Å²) >= 11 is 6.20. The molecule has 1 atom stereocenters. The van der Waals surface area contributed by atoms with Gasteiger partial charge in [0.1, 0.15) is 0 Å². The molecule has 0 unspecified atom stereocenters. The van der Waals surface area contributed by atoms with Gasteiger partial charge in [0.2, 0.25) is 0 Å². The van der Waals surface area contributed by atoms with Crippen molar-refractivity contribution in [3.63, 3.8) is 0 Å². The zero-order valence-corrected chi connectivity index (χ0v) is 15.1. The Morgan fingerprint density at radius 2 is 1.73 bits per heavy atom. The molecule has 0 saturated heterocycles. The fourth-order valence-electron chi connectivity index (χ4n) is 3.58. The number of halogens is 1. The molecule has 0 saturated carbocycles. The molecule has 5 nitrogen and oxygen atoms in total. The molecule has 26 heavy (non-hydrogen) atoms. The number of aliphatic hydroxyl groups is 1. The van der Waals surface area contributed by atoms with Gasteiger partial charge in [0, 0.05) is 25.0 Å². The maximum Gasteiger partial charge on any atom is 0.274 e. The van der Waals surface area contributed by atoms with Gasteiger partial charge in [0.15, 0.2) is 5.15 Å². The number of rotatable bonds is 4. The van der Waals surface area contributed by atoms with Gasteiger partial charge >= 0.3 is 0 Å². The molecule has 2 heterocycles. The third-order valence-electron chi connectivity index (χ3n) is 4.89. The standard InChI is InChI=1S/C20H20ClN3O2/c21-19-17-7-3-4-8-18(17)20(26)24(22-19)13-16(25)12-23-10-9-14-5-1-2-6-15(14)11-23/h1-8,16,25H,9-13H2/t16-/m1/s1. The zero-order valence-electron chi connectivity index (χ0n) is 14.3. The van der Waals surface area contributed by atoms with Crippen LogP contribution in [0.15, 0.2) is 53.3 Å². The van der Waals surface area contributed by atoms with Crippen LogP contribution in [0.25, 0.3) is 10.8 Å². The van der Waals surface area contributed by atoms with Crippen LogP contribution < -0.4 is 5.56 Å². The van der Waals surface area contributed by atoms with Crippen LogP contribution in [-0.2, 0) is 19.5 Å². The van der Waals surface area contributed by atoms with Crippen LogP contribution in [0.4, 0.5) is 0 Å². The van der Waals surface area contributed by atoms with E-state index in [1.807, 2.05) is 12.1 Å². The average Bonchev–Trinajstić information content (AvgIpc) is 2.66. The second-order valence-electron chi connectivity index (χ2n) is 6.73. The number of nitrogens with zero attached hydrogens (tertiary/aromatic N) is 3. The molecule has 1 aliphatic heterocycles. The quantitative estimate of drug-likeness (QED) is 0.767. The molecular formula is C20H20ClN3O2. The average molecular weight is 370 g/mol. The second-order valence-corrected chi connectivity index (χ2v) is 7.09. The molecule has 0 spiro atoms. The van der Waals surface area contributed by atoms with E-state index in [9.17, 15) is 9.90 Å². The molecule has 0 amide bonds. The fourth-order valence-corrected chi connectivity index (χ4v) is 3.84. The highest BCUT2D eigenvalue weighted by atomic mass is 35.5. The van der Waals surface area contributed by atoms with Crippen LogP contribution in [0.5, 0.6) is 0 Å². The molecule has 4 rings (SSSR count). The van der Waals surface area contributed by atoms with Crippen molar-refractivity contribution < 1.29 is 5.11 Å². The summed E-state index contributed by atoms with van der Waals surface area (Å²) in [5.41, 5.74) is 2.44. The highest BCUT2D eigenvalue weighted by Crippen LogP contribution is 2.19. The molecule has 1 aliphatic rings. The Kier molecular flexibility index (Phi) is 4.76. The lowest BCUT2D eigenvalue weighted by Gasteiger charge is -2.30. The summed E-state index contributed by atoms with van der Waals surface area (Å²) in [6.45, 7) is 2.33. The van der Waals surface area contributed by atoms with Crippen LogP contribution in [-0.4, -0.2) is 39.0 Å². The van der Waals surface area contributed by atoms with Gasteiger partial charge < -0.3 is 5.11 Å². The topological polar surface area (TPSA) is 58.4 Å². The third-order valence-corrected chi connectivity index (χ3v) is 5.16. The van der Waals surface area contributed by atoms with E-state index in [4.69, 9.17) is 11.6 Å². The van der Waals surface area contributed by atoms with E-state index in [-0.39, 0.29) is 17.3 Å². The molecule has 0 bridgehead atoms. The lowest BCUT2D eigenvalue weighted by molar-refractivity contribution is 0.0878. The van der Waals surface area contributed by atoms with Crippen molar-refractivity contribution in [2.24, 2.45) is 0 Å². The first-order valence-corrected chi connectivity index (χ1v) is 9.12. The number of hydrogen-bond acceptors (Lipinski definition) is 4. The Morgan fingerprint density at radius 3 is 2.54 bits per heavy atom. The molecule has 134 valence electrons. The van der Waals surface area contributed by atoms with Gasteiger partial charge in [-0.15, -0.1) is 0 Å². The lowest BCUT2D eigenvalue weighted by Crippen LogP contribution is -2.40. The van der Waals surface area contributed by atoms with E-state index in [0.29, 0.717) is 17.3 Å². The van der Waals surface area contributed by atoms with E-state index in [2.05, 4.69) is 28.2 Å². The van der Waals surface area contributed by atoms with Crippen LogP contribution >= 0.6 is 11.6 Å². The normalized spacial score (nSPS) is 15.8. The largest absolute Gasteiger partial charge is 0.390 e. The highest BCUT2D eigenvalue weighted by molar-refractivity contribution is 6.34. The van der Waals surface area contributed by atoms with Crippen molar-refractivity contribution in [2.75, 3.05) is 13.1 Å². The Hall–Kier alpha value is -2.21. The molecule has 1 aromatic heterocycles. The maximum absolute atomic E-state index is 12.6. The van der Waals surface area contributed by atoms with Gasteiger partial charge in [-0.25, -0.2) is 4.68 Å². The van der Waals surface area contributed by atoms with Crippen molar-refractivity contribution in [1.82, 2.24) is 14.7 Å². The Morgan fingerprint density at radius 1 is 1.04 bits per heavy atom. The second kappa shape index (κ2) is 7.19. The van der Waals surface area contributed by atoms with Crippen LogP contribution in [0.2, 0.25) is 5.15 Å². The molecule has 3 aromatic rings. The van der Waals surface area contributed by atoms with Crippen LogP contribution in [0, 0.1) is 0 Å². The first-order chi connectivity index (χ1) is 12.6. The summed E-state index contributed by atoms with van der Waals surface area (Å²) in [6, 6.07) is 15.5. The number of fused-ring (bicyclic) bond motifs is 2. The van der Waals surface area contributed by atoms with E-state index < -0.39 is 6.10 Å². The monoisotopic (exact) mass is 369 g/mol. The summed E-state index contributed by atoms with van der Waals surface area (Å²) in [5.74, 6) is 0. The lowest BCUT2D eigenvalue weighted by atomic mass is 10.00. The summed E-state index contributed by atoms with van der Waals surface area (Å²) in [7, 11) is 0. The molecule has 2 aromatic carbocycles. The Bertz CT molecular complexity index is 1000. The zero-order chi connectivity index (χ0) is 18.1. The van der Waals surface area contributed by atoms with Gasteiger partial charge in [-0.3, -0.25) is 9.69 Å². The van der Waals surface area contributed by atoms with Crippen LogP contribution in [0.1, 0.15) is 11.1 Å². The van der Waals surface area contributed by atoms with Crippen molar-refractivity contribution in [3.05, 3.63) is 75.2 Å². The van der Waals surface area contributed by atoms with Crippen molar-refractivity contribution >= 4 is 22.4 Å². The molecular weight excluding hydrogens is 350 g/mol. The minimum Gasteiger partial charge on any atom is -0.390 e. The number of aliphatic hydroxyl groups excluding tert-OH is 1. The van der Waals surface area contributed by atoms with Gasteiger partial charge in [-0.05, 0) is 23.6 Å². The molecule has 0 fully saturated rings. The number of aromatic nitrogens is 2. The molecule has 1 N–H and O–H groups in total. The van der Waals surface area contributed by atoms with Gasteiger partial charge in [-0.2, -0.15) is 5.10 Å². The fraction of sp³-hybridized carbons (Fsp3) is 0.300. The summed E-state index contributed by atoms with van der Waals surface area (Å²) in [6.07, 6.45) is 0.283. The maximum atomic E-state index is 12.6. The smallest absolute Gasteiger partial charge is 0.274 e. The highest BCUT2D eigenvalue weighted by Gasteiger charge is 2.19. The van der Waals surface area contributed by atoms with E-state index in [0.717, 1.165) is 19.5 Å². The van der Waals surface area contributed by atoms with E-state index >= 15 is 0 Å². The first kappa shape index (κ1) is 17.2. The SMILES string of the molecule is O=c1c2ccccc2c(Cl)nn1C[C@H](O)CN1CCc2ccccc2C1. The van der Waals surface area contributed by atoms with Gasteiger partial charge in [0.25, 0.3) is 5.56 Å². The minimum absolute atomic E-state index is 0.127. The number of benzene rings is 2. The molecule has 0 aliphatic carbocycles. The predicted molar refractivity (Wildman–Crippen MR) is 102 cm³/mol. The molecule has 6 heteroatoms. The van der Waals surface area contributed by atoms with Crippen molar-refractivity contribution in [1.29, 1.82) is 0 Å². The summed E-state index contributed by atoms with van der Waals surface area (Å²) in [4.78, 5) is 14.8. The van der Waals surface area contributed by atoms with Crippen LogP contribution in [0.3, 0.4) is 0 Å². The molecule has 0 radical (unpaired) electrons.